The van der Waals surface area contributed by atoms with Crippen LogP contribution in [0.15, 0.2) is 48.8 Å². The Kier molecular flexibility index (Phi) is 6.58. The summed E-state index contributed by atoms with van der Waals surface area (Å²) in [5.74, 6) is 0.362. The predicted octanol–water partition coefficient (Wildman–Crippen LogP) is 2.29. The number of amides is 1. The summed E-state index contributed by atoms with van der Waals surface area (Å²) in [4.78, 5) is 16.9. The number of piperidine rings is 1. The van der Waals surface area contributed by atoms with Gasteiger partial charge in [0.15, 0.2) is 0 Å². The fraction of sp³-hybridized carbons (Fsp3) is 0.455. The van der Waals surface area contributed by atoms with Gasteiger partial charge in [-0.25, -0.2) is 0 Å². The van der Waals surface area contributed by atoms with Crippen molar-refractivity contribution in [2.24, 2.45) is 11.7 Å². The van der Waals surface area contributed by atoms with Gasteiger partial charge < -0.3 is 11.1 Å². The van der Waals surface area contributed by atoms with Crippen LogP contribution in [0.25, 0.3) is 0 Å². The number of pyridine rings is 1. The number of rotatable bonds is 8. The summed E-state index contributed by atoms with van der Waals surface area (Å²) in [7, 11) is 0. The standard InChI is InChI=1S/C22H30N4O/c1-17-4-2-3-5-20(17)22(21(23)27,16-19-8-13-25-14-9-19)26-15-10-18-6-11-24-12-7-18/h2-5,8-9,13-14,18,24,26H,6-7,10-12,15-16H2,1H3,(H2,23,27). The van der Waals surface area contributed by atoms with E-state index in [-0.39, 0.29) is 5.91 Å². The van der Waals surface area contributed by atoms with Crippen LogP contribution in [0, 0.1) is 12.8 Å². The van der Waals surface area contributed by atoms with Crippen molar-refractivity contribution in [2.75, 3.05) is 19.6 Å². The van der Waals surface area contributed by atoms with Gasteiger partial charge >= 0.3 is 0 Å². The maximum absolute atomic E-state index is 12.8. The molecule has 1 fully saturated rings. The van der Waals surface area contributed by atoms with E-state index in [9.17, 15) is 4.79 Å². The highest BCUT2D eigenvalue weighted by molar-refractivity contribution is 5.87. The Morgan fingerprint density at radius 3 is 2.59 bits per heavy atom. The van der Waals surface area contributed by atoms with E-state index < -0.39 is 5.54 Å². The monoisotopic (exact) mass is 366 g/mol. The molecule has 0 bridgehead atoms. The molecule has 1 unspecified atom stereocenters. The minimum Gasteiger partial charge on any atom is -0.368 e. The highest BCUT2D eigenvalue weighted by Gasteiger charge is 2.39. The van der Waals surface area contributed by atoms with Crippen molar-refractivity contribution in [1.29, 1.82) is 0 Å². The first kappa shape index (κ1) is 19.5. The number of carbonyl (C=O) groups is 1. The lowest BCUT2D eigenvalue weighted by molar-refractivity contribution is -0.124. The first-order valence-corrected chi connectivity index (χ1v) is 9.82. The Labute approximate surface area is 161 Å². The number of hydrogen-bond donors (Lipinski definition) is 3. The summed E-state index contributed by atoms with van der Waals surface area (Å²) in [6.07, 6.45) is 7.47. The second-order valence-electron chi connectivity index (χ2n) is 7.53. The van der Waals surface area contributed by atoms with Gasteiger partial charge in [-0.3, -0.25) is 15.1 Å². The highest BCUT2D eigenvalue weighted by Crippen LogP contribution is 2.29. The zero-order chi connectivity index (χ0) is 19.1. The molecule has 2 heterocycles. The van der Waals surface area contributed by atoms with Gasteiger partial charge in [-0.1, -0.05) is 24.3 Å². The van der Waals surface area contributed by atoms with E-state index in [1.54, 1.807) is 12.4 Å². The third-order valence-corrected chi connectivity index (χ3v) is 5.68. The molecule has 1 aromatic carbocycles. The summed E-state index contributed by atoms with van der Waals surface area (Å²) in [5, 5.41) is 6.98. The van der Waals surface area contributed by atoms with Crippen LogP contribution in [0.5, 0.6) is 0 Å². The van der Waals surface area contributed by atoms with Crippen LogP contribution in [0.4, 0.5) is 0 Å². The lowest BCUT2D eigenvalue weighted by atomic mass is 9.80. The molecule has 5 heteroatoms. The molecule has 5 nitrogen and oxygen atoms in total. The minimum absolute atomic E-state index is 0.334. The zero-order valence-corrected chi connectivity index (χ0v) is 16.1. The fourth-order valence-electron chi connectivity index (χ4n) is 4.08. The maximum Gasteiger partial charge on any atom is 0.242 e. The number of nitrogens with zero attached hydrogens (tertiary/aromatic N) is 1. The van der Waals surface area contributed by atoms with Gasteiger partial charge in [0.25, 0.3) is 0 Å². The number of aromatic nitrogens is 1. The van der Waals surface area contributed by atoms with Gasteiger partial charge in [-0.15, -0.1) is 0 Å². The van der Waals surface area contributed by atoms with Crippen LogP contribution < -0.4 is 16.4 Å². The SMILES string of the molecule is Cc1ccccc1C(Cc1ccncc1)(NCCC1CCNCC1)C(N)=O. The van der Waals surface area contributed by atoms with Crippen molar-refractivity contribution in [3.8, 4) is 0 Å². The quantitative estimate of drug-likeness (QED) is 0.670. The van der Waals surface area contributed by atoms with Gasteiger partial charge in [-0.05, 0) is 80.6 Å². The van der Waals surface area contributed by atoms with E-state index >= 15 is 0 Å². The zero-order valence-electron chi connectivity index (χ0n) is 16.1. The molecule has 0 spiro atoms. The molecular weight excluding hydrogens is 336 g/mol. The van der Waals surface area contributed by atoms with Gasteiger partial charge in [0.05, 0.1) is 0 Å². The number of hydrogen-bond acceptors (Lipinski definition) is 4. The lowest BCUT2D eigenvalue weighted by Gasteiger charge is -2.35. The summed E-state index contributed by atoms with van der Waals surface area (Å²) in [5.41, 5.74) is 8.17. The Balaban J connectivity index is 1.86. The lowest BCUT2D eigenvalue weighted by Crippen LogP contribution is -2.55. The summed E-state index contributed by atoms with van der Waals surface area (Å²) in [6.45, 7) is 4.97. The van der Waals surface area contributed by atoms with Gasteiger partial charge in [0.1, 0.15) is 5.54 Å². The molecule has 1 atom stereocenters. The van der Waals surface area contributed by atoms with E-state index in [2.05, 4.69) is 15.6 Å². The van der Waals surface area contributed by atoms with Gasteiger partial charge in [0, 0.05) is 18.8 Å². The molecular formula is C22H30N4O. The molecule has 4 N–H and O–H groups in total. The van der Waals surface area contributed by atoms with Gasteiger partial charge in [-0.2, -0.15) is 0 Å². The molecule has 1 aromatic heterocycles. The first-order valence-electron chi connectivity index (χ1n) is 9.82. The Morgan fingerprint density at radius 1 is 1.22 bits per heavy atom. The van der Waals surface area contributed by atoms with Crippen molar-refractivity contribution >= 4 is 5.91 Å². The second kappa shape index (κ2) is 9.11. The van der Waals surface area contributed by atoms with Crippen LogP contribution >= 0.6 is 0 Å². The van der Waals surface area contributed by atoms with Crippen LogP contribution in [0.2, 0.25) is 0 Å². The third-order valence-electron chi connectivity index (χ3n) is 5.68. The topological polar surface area (TPSA) is 80.0 Å². The molecule has 27 heavy (non-hydrogen) atoms. The average Bonchev–Trinajstić information content (AvgIpc) is 2.69. The van der Waals surface area contributed by atoms with Crippen LogP contribution in [0.3, 0.4) is 0 Å². The Bertz CT molecular complexity index is 743. The smallest absolute Gasteiger partial charge is 0.242 e. The van der Waals surface area contributed by atoms with Crippen molar-refractivity contribution in [3.63, 3.8) is 0 Å². The maximum atomic E-state index is 12.8. The molecule has 0 aliphatic carbocycles. The summed E-state index contributed by atoms with van der Waals surface area (Å²) in [6, 6.07) is 11.9. The van der Waals surface area contributed by atoms with E-state index in [1.807, 2.05) is 43.3 Å². The van der Waals surface area contributed by atoms with Gasteiger partial charge in [0.2, 0.25) is 5.91 Å². The normalized spacial score (nSPS) is 17.4. The largest absolute Gasteiger partial charge is 0.368 e. The molecule has 0 saturated carbocycles. The average molecular weight is 367 g/mol. The van der Waals surface area contributed by atoms with Crippen molar-refractivity contribution in [1.82, 2.24) is 15.6 Å². The highest BCUT2D eigenvalue weighted by atomic mass is 16.1. The second-order valence-corrected chi connectivity index (χ2v) is 7.53. The van der Waals surface area contributed by atoms with E-state index in [1.165, 1.54) is 12.8 Å². The molecule has 3 rings (SSSR count). The molecule has 144 valence electrons. The van der Waals surface area contributed by atoms with Crippen LogP contribution in [0.1, 0.15) is 36.0 Å². The summed E-state index contributed by atoms with van der Waals surface area (Å²) >= 11 is 0. The van der Waals surface area contributed by atoms with Crippen LogP contribution in [-0.2, 0) is 16.8 Å². The van der Waals surface area contributed by atoms with Crippen LogP contribution in [-0.4, -0.2) is 30.5 Å². The predicted molar refractivity (Wildman–Crippen MR) is 108 cm³/mol. The Hall–Kier alpha value is -2.24. The third kappa shape index (κ3) is 4.73. The number of carbonyl (C=O) groups excluding carboxylic acids is 1. The Morgan fingerprint density at radius 2 is 1.93 bits per heavy atom. The number of primary amides is 1. The van der Waals surface area contributed by atoms with Crippen molar-refractivity contribution < 1.29 is 4.79 Å². The molecule has 2 aromatic rings. The van der Waals surface area contributed by atoms with Crippen molar-refractivity contribution in [2.45, 2.75) is 38.1 Å². The molecule has 0 radical (unpaired) electrons. The number of nitrogens with two attached hydrogens (primary N) is 1. The summed E-state index contributed by atoms with van der Waals surface area (Å²) < 4.78 is 0. The number of nitrogens with one attached hydrogen (secondary N) is 2. The van der Waals surface area contributed by atoms with Crippen molar-refractivity contribution in [3.05, 3.63) is 65.5 Å². The van der Waals surface area contributed by atoms with E-state index in [0.717, 1.165) is 42.7 Å². The molecule has 1 aliphatic rings. The molecule has 1 aliphatic heterocycles. The molecule has 1 saturated heterocycles. The van der Waals surface area contributed by atoms with E-state index in [0.29, 0.717) is 12.3 Å². The van der Waals surface area contributed by atoms with E-state index in [4.69, 9.17) is 5.73 Å². The fourth-order valence-corrected chi connectivity index (χ4v) is 4.08. The first-order chi connectivity index (χ1) is 13.1. The number of benzene rings is 1. The number of aryl methyl sites for hydroxylation is 1. The minimum atomic E-state index is -0.917. The molecule has 1 amide bonds.